The minimum Gasteiger partial charge on any atom is -0.488 e. The second-order valence-corrected chi connectivity index (χ2v) is 5.37. The normalized spacial score (nSPS) is 25.2. The molecule has 3 nitrogen and oxygen atoms in total. The van der Waals surface area contributed by atoms with E-state index in [0.717, 1.165) is 38.2 Å². The van der Waals surface area contributed by atoms with E-state index in [9.17, 15) is 0 Å². The van der Waals surface area contributed by atoms with Crippen molar-refractivity contribution < 1.29 is 9.47 Å². The number of ether oxygens (including phenoxy) is 2. The zero-order valence-corrected chi connectivity index (χ0v) is 12.9. The molecule has 2 rings (SSSR count). The third-order valence-corrected chi connectivity index (χ3v) is 3.86. The average molecular weight is 277 g/mol. The van der Waals surface area contributed by atoms with E-state index in [-0.39, 0.29) is 12.2 Å². The van der Waals surface area contributed by atoms with Crippen LogP contribution in [0.15, 0.2) is 24.3 Å². The smallest absolute Gasteiger partial charge is 0.128 e. The summed E-state index contributed by atoms with van der Waals surface area (Å²) in [4.78, 5) is 0. The first-order valence-electron chi connectivity index (χ1n) is 7.89. The van der Waals surface area contributed by atoms with E-state index < -0.39 is 0 Å². The van der Waals surface area contributed by atoms with Crippen molar-refractivity contribution in [2.24, 2.45) is 0 Å². The van der Waals surface area contributed by atoms with Gasteiger partial charge in [-0.1, -0.05) is 26.0 Å². The molecule has 1 aromatic carbocycles. The Labute approximate surface area is 122 Å². The molecule has 3 atom stereocenters. The van der Waals surface area contributed by atoms with Crippen LogP contribution in [0.2, 0.25) is 0 Å². The van der Waals surface area contributed by atoms with Gasteiger partial charge in [-0.05, 0) is 44.0 Å². The quantitative estimate of drug-likeness (QED) is 0.791. The lowest BCUT2D eigenvalue weighted by Gasteiger charge is -2.44. The maximum absolute atomic E-state index is 6.10. The zero-order valence-electron chi connectivity index (χ0n) is 12.9. The Kier molecular flexibility index (Phi) is 5.86. The number of benzene rings is 1. The summed E-state index contributed by atoms with van der Waals surface area (Å²) in [5.41, 5.74) is 1.32. The van der Waals surface area contributed by atoms with Crippen LogP contribution in [0.25, 0.3) is 0 Å². The lowest BCUT2D eigenvalue weighted by atomic mass is 9.85. The summed E-state index contributed by atoms with van der Waals surface area (Å²) in [6.45, 7) is 8.18. The molecule has 0 aromatic heterocycles. The highest BCUT2D eigenvalue weighted by molar-refractivity contribution is 5.29. The second kappa shape index (κ2) is 7.65. The molecule has 1 fully saturated rings. The van der Waals surface area contributed by atoms with Crippen molar-refractivity contribution in [1.29, 1.82) is 0 Å². The van der Waals surface area contributed by atoms with Gasteiger partial charge in [0.2, 0.25) is 0 Å². The molecule has 0 bridgehead atoms. The minimum absolute atomic E-state index is 0.177. The van der Waals surface area contributed by atoms with E-state index in [1.165, 1.54) is 5.56 Å². The third kappa shape index (κ3) is 3.74. The predicted octanol–water partition coefficient (Wildman–Crippen LogP) is 3.17. The molecular weight excluding hydrogens is 250 g/mol. The Morgan fingerprint density at radius 2 is 2.10 bits per heavy atom. The molecule has 0 radical (unpaired) electrons. The first-order chi connectivity index (χ1) is 9.78. The van der Waals surface area contributed by atoms with Crippen molar-refractivity contribution in [2.75, 3.05) is 13.2 Å². The van der Waals surface area contributed by atoms with E-state index >= 15 is 0 Å². The topological polar surface area (TPSA) is 30.5 Å². The molecule has 112 valence electrons. The predicted molar refractivity (Wildman–Crippen MR) is 82.3 cm³/mol. The molecular formula is C17H27NO2. The van der Waals surface area contributed by atoms with Crippen molar-refractivity contribution in [3.8, 4) is 5.75 Å². The highest BCUT2D eigenvalue weighted by Crippen LogP contribution is 2.29. The summed E-state index contributed by atoms with van der Waals surface area (Å²) in [6.07, 6.45) is 3.57. The molecule has 0 saturated heterocycles. The molecule has 1 aromatic rings. The molecule has 20 heavy (non-hydrogen) atoms. The number of hydrogen-bond donors (Lipinski definition) is 1. The molecule has 1 saturated carbocycles. The van der Waals surface area contributed by atoms with Crippen molar-refractivity contribution >= 4 is 0 Å². The van der Waals surface area contributed by atoms with E-state index in [0.29, 0.717) is 6.04 Å². The fourth-order valence-electron chi connectivity index (χ4n) is 2.66. The van der Waals surface area contributed by atoms with Gasteiger partial charge in [0, 0.05) is 19.1 Å². The molecule has 1 aliphatic carbocycles. The summed E-state index contributed by atoms with van der Waals surface area (Å²) in [6, 6.07) is 8.81. The number of hydrogen-bond acceptors (Lipinski definition) is 3. The van der Waals surface area contributed by atoms with Crippen LogP contribution in [0, 0.1) is 0 Å². The fourth-order valence-corrected chi connectivity index (χ4v) is 2.66. The van der Waals surface area contributed by atoms with Gasteiger partial charge in [0.1, 0.15) is 18.0 Å². The fraction of sp³-hybridized carbons (Fsp3) is 0.647. The van der Waals surface area contributed by atoms with Crippen LogP contribution in [-0.2, 0) is 11.2 Å². The second-order valence-electron chi connectivity index (χ2n) is 5.37. The highest BCUT2D eigenvalue weighted by atomic mass is 16.5. The maximum atomic E-state index is 6.10. The van der Waals surface area contributed by atoms with Crippen LogP contribution in [0.1, 0.15) is 39.2 Å². The van der Waals surface area contributed by atoms with Gasteiger partial charge in [-0.2, -0.15) is 0 Å². The maximum Gasteiger partial charge on any atom is 0.128 e. The summed E-state index contributed by atoms with van der Waals surface area (Å²) < 4.78 is 11.9. The zero-order chi connectivity index (χ0) is 14.4. The van der Waals surface area contributed by atoms with Crippen LogP contribution < -0.4 is 10.1 Å². The van der Waals surface area contributed by atoms with Crippen molar-refractivity contribution in [3.05, 3.63) is 29.8 Å². The Morgan fingerprint density at radius 1 is 1.25 bits per heavy atom. The third-order valence-electron chi connectivity index (χ3n) is 3.86. The van der Waals surface area contributed by atoms with Crippen LogP contribution in [0.3, 0.4) is 0 Å². The highest BCUT2D eigenvalue weighted by Gasteiger charge is 2.43. The van der Waals surface area contributed by atoms with Gasteiger partial charge in [0.25, 0.3) is 0 Å². The Balaban J connectivity index is 1.91. The molecule has 0 spiro atoms. The van der Waals surface area contributed by atoms with Gasteiger partial charge < -0.3 is 14.8 Å². The van der Waals surface area contributed by atoms with Crippen LogP contribution in [0.5, 0.6) is 5.75 Å². The number of rotatable bonds is 8. The van der Waals surface area contributed by atoms with Gasteiger partial charge in [0.15, 0.2) is 0 Å². The van der Waals surface area contributed by atoms with E-state index in [2.05, 4.69) is 37.4 Å². The van der Waals surface area contributed by atoms with Gasteiger partial charge in [0.05, 0.1) is 0 Å². The molecule has 3 heteroatoms. The van der Waals surface area contributed by atoms with Crippen molar-refractivity contribution in [1.82, 2.24) is 5.32 Å². The van der Waals surface area contributed by atoms with E-state index in [1.807, 2.05) is 13.0 Å². The Hall–Kier alpha value is -1.06. The molecule has 0 amide bonds. The number of aryl methyl sites for hydroxylation is 1. The van der Waals surface area contributed by atoms with Gasteiger partial charge in [-0.3, -0.25) is 0 Å². The van der Waals surface area contributed by atoms with E-state index in [4.69, 9.17) is 9.47 Å². The van der Waals surface area contributed by atoms with E-state index in [1.54, 1.807) is 0 Å². The lowest BCUT2D eigenvalue weighted by molar-refractivity contribution is -0.104. The monoisotopic (exact) mass is 277 g/mol. The van der Waals surface area contributed by atoms with Gasteiger partial charge >= 0.3 is 0 Å². The SMILES string of the molecule is CCCNC1CC(Oc2cccc(CC)c2)C1OCC. The summed E-state index contributed by atoms with van der Waals surface area (Å²) in [5, 5.41) is 3.54. The number of nitrogens with one attached hydrogen (secondary N) is 1. The van der Waals surface area contributed by atoms with Crippen LogP contribution >= 0.6 is 0 Å². The molecule has 0 aliphatic heterocycles. The van der Waals surface area contributed by atoms with Crippen molar-refractivity contribution in [2.45, 2.75) is 58.3 Å². The van der Waals surface area contributed by atoms with Crippen molar-refractivity contribution in [3.63, 3.8) is 0 Å². The average Bonchev–Trinajstić information content (AvgIpc) is 2.48. The molecule has 0 heterocycles. The first kappa shape index (κ1) is 15.3. The summed E-state index contributed by atoms with van der Waals surface area (Å²) >= 11 is 0. The molecule has 1 N–H and O–H groups in total. The standard InChI is InChI=1S/C17H27NO2/c1-4-10-18-15-12-16(17(15)19-6-3)20-14-9-7-8-13(5-2)11-14/h7-9,11,15-18H,4-6,10,12H2,1-3H3. The summed E-state index contributed by atoms with van der Waals surface area (Å²) in [5.74, 6) is 0.966. The largest absolute Gasteiger partial charge is 0.488 e. The minimum atomic E-state index is 0.177. The van der Waals surface area contributed by atoms with Gasteiger partial charge in [-0.15, -0.1) is 0 Å². The lowest BCUT2D eigenvalue weighted by Crippen LogP contribution is -2.61. The first-order valence-corrected chi connectivity index (χ1v) is 7.89. The Morgan fingerprint density at radius 3 is 2.80 bits per heavy atom. The Bertz CT molecular complexity index is 408. The molecule has 1 aliphatic rings. The summed E-state index contributed by atoms with van der Waals surface area (Å²) in [7, 11) is 0. The van der Waals surface area contributed by atoms with Crippen LogP contribution in [0.4, 0.5) is 0 Å². The van der Waals surface area contributed by atoms with Crippen LogP contribution in [-0.4, -0.2) is 31.4 Å². The molecule has 3 unspecified atom stereocenters. The van der Waals surface area contributed by atoms with Gasteiger partial charge in [-0.25, -0.2) is 0 Å².